The van der Waals surface area contributed by atoms with Crippen LogP contribution in [-0.2, 0) is 13.0 Å². The molecule has 0 N–H and O–H groups in total. The number of aromatic nitrogens is 3. The van der Waals surface area contributed by atoms with Gasteiger partial charge in [0.1, 0.15) is 5.82 Å². The predicted octanol–water partition coefficient (Wildman–Crippen LogP) is 2.54. The van der Waals surface area contributed by atoms with E-state index in [2.05, 4.69) is 28.6 Å². The van der Waals surface area contributed by atoms with Gasteiger partial charge in [-0.25, -0.2) is 0 Å². The van der Waals surface area contributed by atoms with Crippen LogP contribution in [0.15, 0.2) is 0 Å². The van der Waals surface area contributed by atoms with Crippen molar-refractivity contribution < 1.29 is 0 Å². The third kappa shape index (κ3) is 1.92. The van der Waals surface area contributed by atoms with E-state index in [4.69, 9.17) is 11.6 Å². The molecule has 2 atom stereocenters. The molecule has 0 spiro atoms. The summed E-state index contributed by atoms with van der Waals surface area (Å²) in [5, 5.41) is 8.56. The van der Waals surface area contributed by atoms with Gasteiger partial charge < -0.3 is 4.57 Å². The number of halogens is 1. The van der Waals surface area contributed by atoms with Gasteiger partial charge in [0.15, 0.2) is 0 Å². The van der Waals surface area contributed by atoms with Crippen molar-refractivity contribution in [3.8, 4) is 0 Å². The molecule has 1 saturated carbocycles. The molecule has 0 saturated heterocycles. The van der Waals surface area contributed by atoms with E-state index in [1.54, 1.807) is 0 Å². The predicted molar refractivity (Wildman–Crippen MR) is 56.3 cm³/mol. The van der Waals surface area contributed by atoms with E-state index < -0.39 is 0 Å². The maximum absolute atomic E-state index is 5.99. The zero-order chi connectivity index (χ0) is 10.1. The molecule has 1 fully saturated rings. The normalized spacial score (nSPS) is 25.4. The molecule has 3 nitrogen and oxygen atoms in total. The molecule has 78 valence electrons. The Hall–Kier alpha value is -0.570. The summed E-state index contributed by atoms with van der Waals surface area (Å²) >= 11 is 5.99. The monoisotopic (exact) mass is 213 g/mol. The summed E-state index contributed by atoms with van der Waals surface area (Å²) in [4.78, 5) is 0. The number of rotatable bonds is 4. The second-order valence-corrected chi connectivity index (χ2v) is 4.56. The quantitative estimate of drug-likeness (QED) is 0.770. The molecule has 1 aliphatic rings. The van der Waals surface area contributed by atoms with Crippen LogP contribution in [0.4, 0.5) is 0 Å². The van der Waals surface area contributed by atoms with E-state index in [0.717, 1.165) is 37.0 Å². The topological polar surface area (TPSA) is 30.7 Å². The number of aryl methyl sites for hydroxylation is 1. The summed E-state index contributed by atoms with van der Waals surface area (Å²) in [7, 11) is 0. The minimum atomic E-state index is 0.549. The Kier molecular flexibility index (Phi) is 2.77. The zero-order valence-corrected chi connectivity index (χ0v) is 9.46. The van der Waals surface area contributed by atoms with Gasteiger partial charge in [-0.1, -0.05) is 13.8 Å². The van der Waals surface area contributed by atoms with Crippen molar-refractivity contribution in [2.75, 3.05) is 0 Å². The molecule has 2 rings (SSSR count). The molecule has 0 amide bonds. The van der Waals surface area contributed by atoms with E-state index >= 15 is 0 Å². The summed E-state index contributed by atoms with van der Waals surface area (Å²) in [6, 6.07) is 0. The first-order chi connectivity index (χ1) is 6.72. The van der Waals surface area contributed by atoms with Crippen LogP contribution in [0.5, 0.6) is 0 Å². The van der Waals surface area contributed by atoms with Crippen LogP contribution >= 0.6 is 11.6 Å². The molecular formula is C10H16ClN3. The number of nitrogens with zero attached hydrogens (tertiary/aromatic N) is 3. The van der Waals surface area contributed by atoms with Crippen LogP contribution in [0, 0.1) is 11.8 Å². The van der Waals surface area contributed by atoms with Crippen molar-refractivity contribution in [3.63, 3.8) is 0 Å². The van der Waals surface area contributed by atoms with Crippen LogP contribution in [-0.4, -0.2) is 14.8 Å². The third-order valence-electron chi connectivity index (χ3n) is 2.95. The minimum Gasteiger partial charge on any atom is -0.301 e. The van der Waals surface area contributed by atoms with E-state index in [1.165, 1.54) is 6.42 Å². The molecule has 1 heterocycles. The van der Waals surface area contributed by atoms with Crippen molar-refractivity contribution in [1.29, 1.82) is 0 Å². The lowest BCUT2D eigenvalue weighted by molar-refractivity contribution is 0.566. The third-order valence-corrected chi connectivity index (χ3v) is 3.23. The molecule has 0 bridgehead atoms. The number of hydrogen-bond acceptors (Lipinski definition) is 2. The standard InChI is InChI=1S/C10H16ClN3/c1-3-4-9-12-13-10(11)14(9)6-8-5-7(8)2/h7-8H,3-6H2,1-2H3. The fourth-order valence-corrected chi connectivity index (χ4v) is 2.00. The Balaban J connectivity index is 2.09. The summed E-state index contributed by atoms with van der Waals surface area (Å²) in [6.45, 7) is 5.43. The van der Waals surface area contributed by atoms with Crippen molar-refractivity contribution >= 4 is 11.6 Å². The van der Waals surface area contributed by atoms with E-state index in [9.17, 15) is 0 Å². The fourth-order valence-electron chi connectivity index (χ4n) is 1.79. The molecule has 1 aromatic rings. The van der Waals surface area contributed by atoms with E-state index in [1.807, 2.05) is 0 Å². The van der Waals surface area contributed by atoms with Gasteiger partial charge in [0.25, 0.3) is 0 Å². The van der Waals surface area contributed by atoms with Crippen molar-refractivity contribution in [1.82, 2.24) is 14.8 Å². The Labute approximate surface area is 89.5 Å². The average molecular weight is 214 g/mol. The van der Waals surface area contributed by atoms with Gasteiger partial charge in [0.05, 0.1) is 0 Å². The van der Waals surface area contributed by atoms with Crippen LogP contribution in [0.3, 0.4) is 0 Å². The summed E-state index contributed by atoms with van der Waals surface area (Å²) in [5.41, 5.74) is 0. The highest BCUT2D eigenvalue weighted by molar-refractivity contribution is 6.28. The van der Waals surface area contributed by atoms with Gasteiger partial charge >= 0.3 is 0 Å². The van der Waals surface area contributed by atoms with Crippen LogP contribution in [0.25, 0.3) is 0 Å². The molecule has 1 aliphatic carbocycles. The molecule has 0 aliphatic heterocycles. The second kappa shape index (κ2) is 3.89. The first kappa shape index (κ1) is 9.97. The smallest absolute Gasteiger partial charge is 0.225 e. The van der Waals surface area contributed by atoms with Gasteiger partial charge in [-0.15, -0.1) is 10.2 Å². The van der Waals surface area contributed by atoms with Gasteiger partial charge in [-0.3, -0.25) is 0 Å². The maximum Gasteiger partial charge on any atom is 0.225 e. The fraction of sp³-hybridized carbons (Fsp3) is 0.800. The zero-order valence-electron chi connectivity index (χ0n) is 8.70. The van der Waals surface area contributed by atoms with Crippen LogP contribution in [0.1, 0.15) is 32.5 Å². The minimum absolute atomic E-state index is 0.549. The Morgan fingerprint density at radius 3 is 2.79 bits per heavy atom. The summed E-state index contributed by atoms with van der Waals surface area (Å²) in [6.07, 6.45) is 3.39. The SMILES string of the molecule is CCCc1nnc(Cl)n1CC1CC1C. The Morgan fingerprint density at radius 2 is 2.21 bits per heavy atom. The Morgan fingerprint density at radius 1 is 1.50 bits per heavy atom. The van der Waals surface area contributed by atoms with E-state index in [-0.39, 0.29) is 0 Å². The molecule has 14 heavy (non-hydrogen) atoms. The summed E-state index contributed by atoms with van der Waals surface area (Å²) in [5.74, 6) is 2.68. The van der Waals surface area contributed by atoms with Crippen LogP contribution < -0.4 is 0 Å². The van der Waals surface area contributed by atoms with Crippen molar-refractivity contribution in [2.45, 2.75) is 39.7 Å². The summed E-state index contributed by atoms with van der Waals surface area (Å²) < 4.78 is 2.07. The lowest BCUT2D eigenvalue weighted by Gasteiger charge is -2.05. The van der Waals surface area contributed by atoms with Crippen molar-refractivity contribution in [3.05, 3.63) is 11.1 Å². The van der Waals surface area contributed by atoms with Gasteiger partial charge in [-0.05, 0) is 36.3 Å². The average Bonchev–Trinajstić information content (AvgIpc) is 2.74. The van der Waals surface area contributed by atoms with Gasteiger partial charge in [0.2, 0.25) is 5.28 Å². The number of hydrogen-bond donors (Lipinski definition) is 0. The molecule has 0 aromatic carbocycles. The lowest BCUT2D eigenvalue weighted by atomic mass is 10.3. The molecule has 0 radical (unpaired) electrons. The highest BCUT2D eigenvalue weighted by Gasteiger charge is 2.33. The van der Waals surface area contributed by atoms with Gasteiger partial charge in [0, 0.05) is 13.0 Å². The molecule has 1 aromatic heterocycles. The van der Waals surface area contributed by atoms with Crippen LogP contribution in [0.2, 0.25) is 5.28 Å². The largest absolute Gasteiger partial charge is 0.301 e. The van der Waals surface area contributed by atoms with E-state index in [0.29, 0.717) is 5.28 Å². The molecule has 2 unspecified atom stereocenters. The lowest BCUT2D eigenvalue weighted by Crippen LogP contribution is -2.06. The maximum atomic E-state index is 5.99. The first-order valence-corrected chi connectivity index (χ1v) is 5.67. The molecule has 4 heteroatoms. The van der Waals surface area contributed by atoms with Crippen molar-refractivity contribution in [2.24, 2.45) is 11.8 Å². The highest BCUT2D eigenvalue weighted by Crippen LogP contribution is 2.39. The highest BCUT2D eigenvalue weighted by atomic mass is 35.5. The Bertz CT molecular complexity index is 321. The second-order valence-electron chi connectivity index (χ2n) is 4.22. The molecular weight excluding hydrogens is 198 g/mol. The van der Waals surface area contributed by atoms with Gasteiger partial charge in [-0.2, -0.15) is 0 Å². The first-order valence-electron chi connectivity index (χ1n) is 5.30.